The molecule has 3 amide bonds. The lowest BCUT2D eigenvalue weighted by molar-refractivity contribution is -0.138. The molecule has 4 unspecified atom stereocenters. The maximum Gasteiger partial charge on any atom is 0.322 e. The highest BCUT2D eigenvalue weighted by molar-refractivity contribution is 5.94. The van der Waals surface area contributed by atoms with Crippen LogP contribution in [0.5, 0.6) is 0 Å². The van der Waals surface area contributed by atoms with Crippen LogP contribution in [0.3, 0.4) is 0 Å². The lowest BCUT2D eigenvalue weighted by Crippen LogP contribution is -2.58. The van der Waals surface area contributed by atoms with Gasteiger partial charge >= 0.3 is 5.97 Å². The minimum absolute atomic E-state index is 0.113. The summed E-state index contributed by atoms with van der Waals surface area (Å²) in [4.78, 5) is 60.0. The van der Waals surface area contributed by atoms with E-state index in [1.165, 1.54) is 6.33 Å². The monoisotopic (exact) mass is 511 g/mol. The summed E-state index contributed by atoms with van der Waals surface area (Å²) >= 11 is 0. The van der Waals surface area contributed by atoms with E-state index in [1.807, 2.05) is 38.1 Å². The Hall–Kier alpha value is -4.19. The van der Waals surface area contributed by atoms with Crippen molar-refractivity contribution in [1.82, 2.24) is 30.9 Å². The summed E-state index contributed by atoms with van der Waals surface area (Å²) in [7, 11) is 0. The summed E-state index contributed by atoms with van der Waals surface area (Å²) in [6.07, 6.45) is 5.70. The van der Waals surface area contributed by atoms with E-state index in [1.54, 1.807) is 12.4 Å². The van der Waals surface area contributed by atoms with E-state index >= 15 is 0 Å². The molecule has 8 N–H and O–H groups in total. The van der Waals surface area contributed by atoms with Crippen molar-refractivity contribution in [3.05, 3.63) is 54.2 Å². The zero-order valence-corrected chi connectivity index (χ0v) is 20.8. The standard InChI is InChI=1S/C25H33N7O5/c1-3-14(2)22(32-23(35)18(26)9-16-11-27-13-30-16)25(37)31-20(24(36)29-12-21(33)34)8-15-10-28-19-7-5-4-6-17(15)19/h4-7,10-11,13-14,18,20,22,28H,3,8-9,12,26H2,1-2H3,(H,27,30)(H,29,36)(H,31,37)(H,32,35)(H,33,34). The number of benzene rings is 1. The van der Waals surface area contributed by atoms with Crippen LogP contribution in [0.2, 0.25) is 0 Å². The van der Waals surface area contributed by atoms with Crippen LogP contribution in [0.25, 0.3) is 10.9 Å². The normalized spacial score (nSPS) is 14.4. The first-order valence-corrected chi connectivity index (χ1v) is 12.1. The lowest BCUT2D eigenvalue weighted by atomic mass is 9.96. The van der Waals surface area contributed by atoms with Gasteiger partial charge in [0.05, 0.1) is 12.4 Å². The van der Waals surface area contributed by atoms with E-state index in [4.69, 9.17) is 10.8 Å². The van der Waals surface area contributed by atoms with Crippen LogP contribution in [0.4, 0.5) is 0 Å². The molecule has 1 aromatic carbocycles. The van der Waals surface area contributed by atoms with Crippen LogP contribution < -0.4 is 21.7 Å². The second-order valence-corrected chi connectivity index (χ2v) is 9.00. The number of aromatic nitrogens is 3. The number of aliphatic carboxylic acids is 1. The number of carboxylic acid groups (broad SMARTS) is 1. The van der Waals surface area contributed by atoms with Crippen LogP contribution in [0.15, 0.2) is 43.0 Å². The number of imidazole rings is 1. The molecule has 2 heterocycles. The third kappa shape index (κ3) is 7.40. The first-order valence-electron chi connectivity index (χ1n) is 12.1. The zero-order valence-electron chi connectivity index (χ0n) is 20.8. The van der Waals surface area contributed by atoms with Gasteiger partial charge in [0.2, 0.25) is 17.7 Å². The number of nitrogens with one attached hydrogen (secondary N) is 5. The molecule has 0 aliphatic carbocycles. The van der Waals surface area contributed by atoms with Crippen molar-refractivity contribution in [2.45, 2.75) is 51.2 Å². The summed E-state index contributed by atoms with van der Waals surface area (Å²) < 4.78 is 0. The third-order valence-electron chi connectivity index (χ3n) is 6.27. The molecule has 4 atom stereocenters. The molecule has 0 saturated carbocycles. The largest absolute Gasteiger partial charge is 0.480 e. The Kier molecular flexibility index (Phi) is 9.39. The van der Waals surface area contributed by atoms with Crippen LogP contribution in [0.1, 0.15) is 31.5 Å². The Bertz CT molecular complexity index is 1220. The Morgan fingerprint density at radius 2 is 1.81 bits per heavy atom. The SMILES string of the molecule is CCC(C)C(NC(=O)C(N)Cc1cnc[nH]1)C(=O)NC(Cc1c[nH]c2ccccc12)C(=O)NCC(=O)O. The third-order valence-corrected chi connectivity index (χ3v) is 6.27. The summed E-state index contributed by atoms with van der Waals surface area (Å²) in [5.74, 6) is -3.20. The Balaban J connectivity index is 1.77. The van der Waals surface area contributed by atoms with E-state index < -0.39 is 48.4 Å². The molecule has 0 bridgehead atoms. The van der Waals surface area contributed by atoms with E-state index in [0.29, 0.717) is 12.1 Å². The fourth-order valence-electron chi connectivity index (χ4n) is 3.97. The van der Waals surface area contributed by atoms with Crippen molar-refractivity contribution in [2.24, 2.45) is 11.7 Å². The van der Waals surface area contributed by atoms with Gasteiger partial charge in [-0.25, -0.2) is 4.98 Å². The summed E-state index contributed by atoms with van der Waals surface area (Å²) in [6.45, 7) is 3.10. The van der Waals surface area contributed by atoms with Crippen molar-refractivity contribution in [3.63, 3.8) is 0 Å². The van der Waals surface area contributed by atoms with Crippen molar-refractivity contribution < 1.29 is 24.3 Å². The van der Waals surface area contributed by atoms with Crippen LogP contribution >= 0.6 is 0 Å². The number of nitrogens with two attached hydrogens (primary N) is 1. The zero-order chi connectivity index (χ0) is 26.9. The van der Waals surface area contributed by atoms with Gasteiger partial charge in [-0.3, -0.25) is 19.2 Å². The number of nitrogens with zero attached hydrogens (tertiary/aromatic N) is 1. The molecule has 0 fully saturated rings. The van der Waals surface area contributed by atoms with Gasteiger partial charge in [0.25, 0.3) is 0 Å². The van der Waals surface area contributed by atoms with Crippen LogP contribution in [-0.2, 0) is 32.0 Å². The average molecular weight is 512 g/mol. The van der Waals surface area contributed by atoms with Crippen LogP contribution in [0, 0.1) is 5.92 Å². The molecule has 0 saturated heterocycles. The number of carbonyl (C=O) groups is 4. The number of amides is 3. The first-order chi connectivity index (χ1) is 17.7. The number of para-hydroxylation sites is 1. The minimum atomic E-state index is -1.21. The molecule has 198 valence electrons. The maximum absolute atomic E-state index is 13.4. The molecule has 3 aromatic rings. The first kappa shape index (κ1) is 27.4. The number of fused-ring (bicyclic) bond motifs is 1. The summed E-state index contributed by atoms with van der Waals surface area (Å²) in [5.41, 5.74) is 8.37. The molecule has 0 spiro atoms. The molecule has 12 heteroatoms. The smallest absolute Gasteiger partial charge is 0.322 e. The van der Waals surface area contributed by atoms with E-state index in [-0.39, 0.29) is 18.8 Å². The highest BCUT2D eigenvalue weighted by Gasteiger charge is 2.31. The molecule has 0 aliphatic rings. The van der Waals surface area contributed by atoms with Gasteiger partial charge in [-0.1, -0.05) is 38.5 Å². The second-order valence-electron chi connectivity index (χ2n) is 9.00. The predicted molar refractivity (Wildman–Crippen MR) is 136 cm³/mol. The van der Waals surface area contributed by atoms with Gasteiger partial charge in [-0.15, -0.1) is 0 Å². The number of hydrogen-bond acceptors (Lipinski definition) is 6. The van der Waals surface area contributed by atoms with Gasteiger partial charge in [0.15, 0.2) is 0 Å². The van der Waals surface area contributed by atoms with Gasteiger partial charge in [-0.05, 0) is 17.5 Å². The number of hydrogen-bond donors (Lipinski definition) is 7. The average Bonchev–Trinajstić information content (AvgIpc) is 3.54. The van der Waals surface area contributed by atoms with Gasteiger partial charge in [0, 0.05) is 41.8 Å². The molecule has 37 heavy (non-hydrogen) atoms. The molecular formula is C25H33N7O5. The Morgan fingerprint density at radius 1 is 1.05 bits per heavy atom. The topological polar surface area (TPSA) is 195 Å². The van der Waals surface area contributed by atoms with Crippen LogP contribution in [-0.4, -0.2) is 68.4 Å². The Morgan fingerprint density at radius 3 is 2.49 bits per heavy atom. The quantitative estimate of drug-likeness (QED) is 0.170. The number of rotatable bonds is 13. The Labute approximate surface area is 213 Å². The van der Waals surface area contributed by atoms with Crippen molar-refractivity contribution in [2.75, 3.05) is 6.54 Å². The molecule has 0 aliphatic heterocycles. The fourth-order valence-corrected chi connectivity index (χ4v) is 3.97. The highest BCUT2D eigenvalue weighted by atomic mass is 16.4. The number of aromatic amines is 2. The number of carbonyl (C=O) groups excluding carboxylic acids is 3. The lowest BCUT2D eigenvalue weighted by Gasteiger charge is -2.27. The van der Waals surface area contributed by atoms with E-state index in [2.05, 4.69) is 30.9 Å². The molecule has 12 nitrogen and oxygen atoms in total. The highest BCUT2D eigenvalue weighted by Crippen LogP contribution is 2.19. The van der Waals surface area contributed by atoms with Crippen molar-refractivity contribution >= 4 is 34.6 Å². The molecular weight excluding hydrogens is 478 g/mol. The van der Waals surface area contributed by atoms with Gasteiger partial charge in [-0.2, -0.15) is 0 Å². The van der Waals surface area contributed by atoms with E-state index in [0.717, 1.165) is 16.5 Å². The van der Waals surface area contributed by atoms with E-state index in [9.17, 15) is 19.2 Å². The maximum atomic E-state index is 13.4. The van der Waals surface area contributed by atoms with Gasteiger partial charge < -0.3 is 36.8 Å². The number of carboxylic acids is 1. The second kappa shape index (κ2) is 12.7. The minimum Gasteiger partial charge on any atom is -0.480 e. The van der Waals surface area contributed by atoms with Crippen molar-refractivity contribution in [1.29, 1.82) is 0 Å². The fraction of sp³-hybridized carbons (Fsp3) is 0.400. The molecule has 3 rings (SSSR count). The molecule has 0 radical (unpaired) electrons. The predicted octanol–water partition coefficient (Wildman–Crippen LogP) is 0.220. The number of H-pyrrole nitrogens is 2. The summed E-state index contributed by atoms with van der Waals surface area (Å²) in [5, 5.41) is 17.6. The summed E-state index contributed by atoms with van der Waals surface area (Å²) in [6, 6.07) is 4.56. The van der Waals surface area contributed by atoms with Gasteiger partial charge in [0.1, 0.15) is 18.6 Å². The van der Waals surface area contributed by atoms with Crippen molar-refractivity contribution in [3.8, 4) is 0 Å². The molecule has 2 aromatic heterocycles.